The monoisotopic (exact) mass is 249 g/mol. The molecule has 1 aromatic rings. The second kappa shape index (κ2) is 6.89. The molecule has 1 aromatic carbocycles. The molecule has 0 aliphatic carbocycles. The molecule has 0 N–H and O–H groups in total. The fourth-order valence-electron chi connectivity index (χ4n) is 1.28. The van der Waals surface area contributed by atoms with Crippen molar-refractivity contribution in [2.45, 2.75) is 39.0 Å². The maximum Gasteiger partial charge on any atom is 0.171 e. The van der Waals surface area contributed by atoms with Crippen molar-refractivity contribution in [1.82, 2.24) is 0 Å². The average Bonchev–Trinajstić information content (AvgIpc) is 2.37. The van der Waals surface area contributed by atoms with Gasteiger partial charge < -0.3 is 9.47 Å². The summed E-state index contributed by atoms with van der Waals surface area (Å²) < 4.78 is 11.2. The smallest absolute Gasteiger partial charge is 0.171 e. The van der Waals surface area contributed by atoms with Gasteiger partial charge in [-0.15, -0.1) is 0 Å². The Hall–Kier alpha value is -1.71. The van der Waals surface area contributed by atoms with Crippen molar-refractivity contribution >= 4 is 0 Å². The van der Waals surface area contributed by atoms with Gasteiger partial charge in [-0.3, -0.25) is 0 Å². The molecule has 0 fully saturated rings. The zero-order chi connectivity index (χ0) is 13.4. The summed E-state index contributed by atoms with van der Waals surface area (Å²) in [5.41, 5.74) is 8.19. The Balaban J connectivity index is 2.56. The summed E-state index contributed by atoms with van der Waals surface area (Å²) >= 11 is 0. The van der Waals surface area contributed by atoms with Gasteiger partial charge in [-0.05, 0) is 37.9 Å². The number of hydrogen-bond acceptors (Lipinski definition) is 3. The normalized spacial score (nSPS) is 12.6. The molecule has 0 saturated carbocycles. The molecule has 0 aliphatic rings. The molecule has 1 atom stereocenters. The van der Waals surface area contributed by atoms with Crippen molar-refractivity contribution < 1.29 is 9.47 Å². The van der Waals surface area contributed by atoms with Gasteiger partial charge in [-0.2, -0.15) is 0 Å². The highest BCUT2D eigenvalue weighted by atomic mass is 16.6. The molecule has 0 heterocycles. The third-order valence-corrected chi connectivity index (χ3v) is 2.62. The molecule has 1 unspecified atom stereocenters. The van der Waals surface area contributed by atoms with E-state index in [1.165, 1.54) is 0 Å². The maximum atomic E-state index is 8.53. The molecule has 0 radical (unpaired) electrons. The Kier molecular flexibility index (Phi) is 5.49. The van der Waals surface area contributed by atoms with Crippen LogP contribution >= 0.6 is 0 Å². The molecule has 0 saturated heterocycles. The minimum atomic E-state index is -0.620. The van der Waals surface area contributed by atoms with Crippen LogP contribution < -0.4 is 4.74 Å². The molecule has 0 aromatic heterocycles. The van der Waals surface area contributed by atoms with Crippen LogP contribution in [0.5, 0.6) is 5.75 Å². The molecular weight excluding hydrogens is 230 g/mol. The van der Waals surface area contributed by atoms with Crippen LogP contribution in [0.3, 0.4) is 0 Å². The highest BCUT2D eigenvalue weighted by molar-refractivity contribution is 5.20. The first-order valence-corrected chi connectivity index (χ1v) is 5.97. The number of para-hydroxylation sites is 1. The van der Waals surface area contributed by atoms with Crippen molar-refractivity contribution in [3.05, 3.63) is 40.8 Å². The quantitative estimate of drug-likeness (QED) is 0.417. The Labute approximate surface area is 107 Å². The molecular formula is C13H19N3O2. The lowest BCUT2D eigenvalue weighted by molar-refractivity contribution is -0.0846. The Bertz CT molecular complexity index is 400. The van der Waals surface area contributed by atoms with E-state index in [1.807, 2.05) is 51.1 Å². The largest absolute Gasteiger partial charge is 0.491 e. The minimum Gasteiger partial charge on any atom is -0.491 e. The van der Waals surface area contributed by atoms with Crippen LogP contribution in [-0.2, 0) is 4.74 Å². The molecule has 18 heavy (non-hydrogen) atoms. The second-order valence-corrected chi connectivity index (χ2v) is 4.51. The molecule has 98 valence electrons. The van der Waals surface area contributed by atoms with E-state index >= 15 is 0 Å². The van der Waals surface area contributed by atoms with Gasteiger partial charge in [0.05, 0.1) is 5.60 Å². The van der Waals surface area contributed by atoms with E-state index in [0.717, 1.165) is 12.2 Å². The number of hydrogen-bond donors (Lipinski definition) is 0. The first-order valence-electron chi connectivity index (χ1n) is 5.97. The Morgan fingerprint density at radius 2 is 2.00 bits per heavy atom. The summed E-state index contributed by atoms with van der Waals surface area (Å²) in [6.45, 7) is 6.13. The lowest BCUT2D eigenvalue weighted by Crippen LogP contribution is -2.32. The van der Waals surface area contributed by atoms with E-state index < -0.39 is 6.23 Å². The van der Waals surface area contributed by atoms with Crippen molar-refractivity contribution in [1.29, 1.82) is 0 Å². The molecule has 1 rings (SSSR count). The highest BCUT2D eigenvalue weighted by Gasteiger charge is 2.21. The third-order valence-electron chi connectivity index (χ3n) is 2.62. The first kappa shape index (κ1) is 14.4. The summed E-state index contributed by atoms with van der Waals surface area (Å²) in [6, 6.07) is 9.37. The topological polar surface area (TPSA) is 67.2 Å². The fourth-order valence-corrected chi connectivity index (χ4v) is 1.28. The van der Waals surface area contributed by atoms with Crippen LogP contribution in [0.25, 0.3) is 10.4 Å². The lowest BCUT2D eigenvalue weighted by atomic mass is 10.1. The summed E-state index contributed by atoms with van der Waals surface area (Å²) in [5, 5.41) is 3.61. The van der Waals surface area contributed by atoms with Crippen LogP contribution in [0.15, 0.2) is 35.4 Å². The summed E-state index contributed by atoms with van der Waals surface area (Å²) in [4.78, 5) is 2.79. The van der Waals surface area contributed by atoms with Crippen molar-refractivity contribution in [2.75, 3.05) is 6.61 Å². The fraction of sp³-hybridized carbons (Fsp3) is 0.538. The summed E-state index contributed by atoms with van der Waals surface area (Å²) in [6.07, 6.45) is 0.209. The zero-order valence-corrected chi connectivity index (χ0v) is 11.0. The minimum absolute atomic E-state index is 0.206. The van der Waals surface area contributed by atoms with Gasteiger partial charge in [-0.25, -0.2) is 0 Å². The van der Waals surface area contributed by atoms with Crippen LogP contribution in [-0.4, -0.2) is 18.4 Å². The van der Waals surface area contributed by atoms with E-state index in [1.54, 1.807) is 0 Å². The van der Waals surface area contributed by atoms with E-state index in [2.05, 4.69) is 10.0 Å². The number of rotatable bonds is 7. The number of azide groups is 1. The van der Waals surface area contributed by atoms with Gasteiger partial charge in [0.1, 0.15) is 12.4 Å². The number of benzene rings is 1. The predicted octanol–water partition coefficient (Wildman–Crippen LogP) is 3.91. The summed E-state index contributed by atoms with van der Waals surface area (Å²) in [7, 11) is 0. The number of nitrogens with zero attached hydrogens (tertiary/aromatic N) is 3. The maximum absolute atomic E-state index is 8.53. The predicted molar refractivity (Wildman–Crippen MR) is 70.3 cm³/mol. The van der Waals surface area contributed by atoms with Crippen LogP contribution in [0.1, 0.15) is 27.2 Å². The van der Waals surface area contributed by atoms with Crippen molar-refractivity contribution in [2.24, 2.45) is 5.11 Å². The number of ether oxygens (including phenoxy) is 2. The molecule has 0 amide bonds. The van der Waals surface area contributed by atoms with Gasteiger partial charge in [0, 0.05) is 4.91 Å². The van der Waals surface area contributed by atoms with Gasteiger partial charge in [0.15, 0.2) is 6.23 Å². The van der Waals surface area contributed by atoms with Crippen molar-refractivity contribution in [3.63, 3.8) is 0 Å². The molecule has 0 aliphatic heterocycles. The molecule has 5 nitrogen and oxygen atoms in total. The van der Waals surface area contributed by atoms with Crippen LogP contribution in [0, 0.1) is 0 Å². The average molecular weight is 249 g/mol. The van der Waals surface area contributed by atoms with E-state index in [4.69, 9.17) is 15.0 Å². The summed E-state index contributed by atoms with van der Waals surface area (Å²) in [5.74, 6) is 0.730. The van der Waals surface area contributed by atoms with Crippen molar-refractivity contribution in [3.8, 4) is 5.75 Å². The standard InChI is InChI=1S/C13H19N3O2/c1-4-13(2,3)18-12(15-16-14)10-17-11-8-6-5-7-9-11/h5-9,12H,4,10H2,1-3H3. The van der Waals surface area contributed by atoms with Gasteiger partial charge in [-0.1, -0.05) is 30.2 Å². The Morgan fingerprint density at radius 1 is 1.33 bits per heavy atom. The molecule has 5 heteroatoms. The Morgan fingerprint density at radius 3 is 2.56 bits per heavy atom. The van der Waals surface area contributed by atoms with Gasteiger partial charge in [0.2, 0.25) is 0 Å². The lowest BCUT2D eigenvalue weighted by Gasteiger charge is -2.27. The first-order chi connectivity index (χ1) is 8.57. The molecule has 0 bridgehead atoms. The van der Waals surface area contributed by atoms with Crippen LogP contribution in [0.4, 0.5) is 0 Å². The second-order valence-electron chi connectivity index (χ2n) is 4.51. The zero-order valence-electron chi connectivity index (χ0n) is 11.0. The highest BCUT2D eigenvalue weighted by Crippen LogP contribution is 2.18. The SMILES string of the molecule is CCC(C)(C)OC(COc1ccccc1)N=[N+]=[N-]. The van der Waals surface area contributed by atoms with Gasteiger partial charge in [0.25, 0.3) is 0 Å². The van der Waals surface area contributed by atoms with Gasteiger partial charge >= 0.3 is 0 Å². The van der Waals surface area contributed by atoms with Crippen LogP contribution in [0.2, 0.25) is 0 Å². The van der Waals surface area contributed by atoms with E-state index in [9.17, 15) is 0 Å². The van der Waals surface area contributed by atoms with E-state index in [-0.39, 0.29) is 12.2 Å². The third kappa shape index (κ3) is 5.08. The molecule has 0 spiro atoms. The van der Waals surface area contributed by atoms with E-state index in [0.29, 0.717) is 0 Å².